The number of para-hydroxylation sites is 1. The third kappa shape index (κ3) is 12.0. The molecule has 0 unspecified atom stereocenters. The highest BCUT2D eigenvalue weighted by molar-refractivity contribution is 6.05. The lowest BCUT2D eigenvalue weighted by molar-refractivity contribution is 0.102. The minimum atomic E-state index is -0.0940. The van der Waals surface area contributed by atoms with E-state index in [1.54, 1.807) is 0 Å². The van der Waals surface area contributed by atoms with Crippen molar-refractivity contribution in [1.82, 2.24) is 0 Å². The van der Waals surface area contributed by atoms with E-state index in [0.29, 0.717) is 5.56 Å². The molecule has 2 N–H and O–H groups in total. The van der Waals surface area contributed by atoms with Crippen molar-refractivity contribution in [3.05, 3.63) is 89.0 Å². The predicted octanol–water partition coefficient (Wildman–Crippen LogP) is 10.9. The molecule has 208 valence electrons. The Morgan fingerprint density at radius 3 is 1.89 bits per heavy atom. The number of carbonyl (C=O) groups is 1. The van der Waals surface area contributed by atoms with Crippen molar-refractivity contribution in [2.45, 2.75) is 106 Å². The molecule has 3 aromatic carbocycles. The Hall–Kier alpha value is -3.07. The third-order valence-electron chi connectivity index (χ3n) is 6.40. The van der Waals surface area contributed by atoms with Crippen LogP contribution in [-0.4, -0.2) is 5.91 Å². The van der Waals surface area contributed by atoms with Crippen LogP contribution < -0.4 is 10.6 Å². The molecule has 0 aliphatic heterocycles. The molecule has 3 nitrogen and oxygen atoms in total. The van der Waals surface area contributed by atoms with Crippen molar-refractivity contribution >= 4 is 23.0 Å². The summed E-state index contributed by atoms with van der Waals surface area (Å²) in [6.07, 6.45) is 11.3. The van der Waals surface area contributed by atoms with Gasteiger partial charge in [0.1, 0.15) is 0 Å². The van der Waals surface area contributed by atoms with Crippen LogP contribution in [0.5, 0.6) is 0 Å². The lowest BCUT2D eigenvalue weighted by Gasteiger charge is -2.16. The molecule has 38 heavy (non-hydrogen) atoms. The van der Waals surface area contributed by atoms with E-state index < -0.39 is 0 Å². The SMILES string of the molecule is CCCC.CCCCCC.CCCc1c(CC)cccc1Nc1ccc(C)c(C(=O)Nc2ccccc2)c1. The van der Waals surface area contributed by atoms with Gasteiger partial charge in [-0.2, -0.15) is 0 Å². The molecule has 0 aliphatic carbocycles. The minimum Gasteiger partial charge on any atom is -0.355 e. The van der Waals surface area contributed by atoms with E-state index in [0.717, 1.165) is 41.9 Å². The molecule has 0 aliphatic rings. The molecule has 1 amide bonds. The van der Waals surface area contributed by atoms with Gasteiger partial charge < -0.3 is 10.6 Å². The summed E-state index contributed by atoms with van der Waals surface area (Å²) in [5, 5.41) is 6.51. The van der Waals surface area contributed by atoms with Gasteiger partial charge in [0.25, 0.3) is 5.91 Å². The first-order valence-electron chi connectivity index (χ1n) is 14.8. The smallest absolute Gasteiger partial charge is 0.256 e. The molecular formula is C35H52N2O. The summed E-state index contributed by atoms with van der Waals surface area (Å²) in [6, 6.07) is 21.9. The Labute approximate surface area is 233 Å². The fourth-order valence-electron chi connectivity index (χ4n) is 3.95. The van der Waals surface area contributed by atoms with Crippen LogP contribution in [-0.2, 0) is 12.8 Å². The number of unbranched alkanes of at least 4 members (excludes halogenated alkanes) is 4. The summed E-state index contributed by atoms with van der Waals surface area (Å²) in [5.74, 6) is -0.0940. The number of hydrogen-bond donors (Lipinski definition) is 2. The third-order valence-corrected chi connectivity index (χ3v) is 6.40. The number of anilines is 3. The first-order valence-corrected chi connectivity index (χ1v) is 14.8. The molecule has 0 spiro atoms. The first-order chi connectivity index (χ1) is 18.4. The van der Waals surface area contributed by atoms with E-state index >= 15 is 0 Å². The van der Waals surface area contributed by atoms with Gasteiger partial charge in [0.2, 0.25) is 0 Å². The summed E-state index contributed by atoms with van der Waals surface area (Å²) >= 11 is 0. The number of rotatable bonds is 11. The topological polar surface area (TPSA) is 41.1 Å². The highest BCUT2D eigenvalue weighted by Crippen LogP contribution is 2.27. The van der Waals surface area contributed by atoms with Gasteiger partial charge in [-0.1, -0.05) is 123 Å². The molecule has 0 bridgehead atoms. The Morgan fingerprint density at radius 2 is 1.34 bits per heavy atom. The van der Waals surface area contributed by atoms with E-state index in [1.165, 1.54) is 49.7 Å². The van der Waals surface area contributed by atoms with Crippen LogP contribution in [0.1, 0.15) is 114 Å². The molecule has 0 fully saturated rings. The van der Waals surface area contributed by atoms with Crippen LogP contribution >= 0.6 is 0 Å². The summed E-state index contributed by atoms with van der Waals surface area (Å²) in [5.41, 5.74) is 7.22. The summed E-state index contributed by atoms with van der Waals surface area (Å²) < 4.78 is 0. The maximum atomic E-state index is 12.8. The molecule has 3 aromatic rings. The van der Waals surface area contributed by atoms with Crippen molar-refractivity contribution in [2.24, 2.45) is 0 Å². The molecule has 0 heterocycles. The van der Waals surface area contributed by atoms with Gasteiger partial charge in [-0.05, 0) is 66.8 Å². The molecule has 0 saturated heterocycles. The van der Waals surface area contributed by atoms with E-state index in [-0.39, 0.29) is 5.91 Å². The van der Waals surface area contributed by atoms with Gasteiger partial charge >= 0.3 is 0 Å². The molecular weight excluding hydrogens is 464 g/mol. The zero-order chi connectivity index (χ0) is 28.2. The standard InChI is InChI=1S/C25H28N2O.C6H14.C4H10/c1-4-10-22-19(5-2)11-9-14-24(22)26-21-16-15-18(3)23(17-21)25(28)27-20-12-7-6-8-13-20;1-3-5-6-4-2;1-3-4-2/h6-9,11-17,26H,4-5,10H2,1-3H3,(H,27,28);3-6H2,1-2H3;3-4H2,1-2H3. The highest BCUT2D eigenvalue weighted by Gasteiger charge is 2.12. The van der Waals surface area contributed by atoms with E-state index in [1.807, 2.05) is 55.5 Å². The van der Waals surface area contributed by atoms with Gasteiger partial charge in [-0.15, -0.1) is 0 Å². The monoisotopic (exact) mass is 516 g/mol. The number of hydrogen-bond acceptors (Lipinski definition) is 2. The molecule has 0 aromatic heterocycles. The second-order valence-electron chi connectivity index (χ2n) is 9.73. The Kier molecular flexibility index (Phi) is 17.3. The van der Waals surface area contributed by atoms with E-state index in [2.05, 4.69) is 70.4 Å². The lowest BCUT2D eigenvalue weighted by Crippen LogP contribution is -2.13. The first kappa shape index (κ1) is 33.0. The summed E-state index contributed by atoms with van der Waals surface area (Å²) in [4.78, 5) is 12.8. The van der Waals surface area contributed by atoms with Gasteiger partial charge in [0.05, 0.1) is 0 Å². The number of amides is 1. The average molecular weight is 517 g/mol. The highest BCUT2D eigenvalue weighted by atomic mass is 16.1. The van der Waals surface area contributed by atoms with Gasteiger partial charge in [-0.3, -0.25) is 4.79 Å². The molecule has 3 rings (SSSR count). The van der Waals surface area contributed by atoms with E-state index in [4.69, 9.17) is 0 Å². The number of carbonyl (C=O) groups excluding carboxylic acids is 1. The zero-order valence-corrected chi connectivity index (χ0v) is 25.1. The van der Waals surface area contributed by atoms with Crippen molar-refractivity contribution < 1.29 is 4.79 Å². The fraction of sp³-hybridized carbons (Fsp3) is 0.457. The molecule has 0 atom stereocenters. The van der Waals surface area contributed by atoms with Crippen LogP contribution in [0.2, 0.25) is 0 Å². The van der Waals surface area contributed by atoms with Crippen LogP contribution in [0.3, 0.4) is 0 Å². The van der Waals surface area contributed by atoms with Crippen molar-refractivity contribution in [3.8, 4) is 0 Å². The predicted molar refractivity (Wildman–Crippen MR) is 169 cm³/mol. The van der Waals surface area contributed by atoms with Crippen molar-refractivity contribution in [2.75, 3.05) is 10.6 Å². The van der Waals surface area contributed by atoms with Crippen molar-refractivity contribution in [1.29, 1.82) is 0 Å². The Bertz CT molecular complexity index is 1040. The van der Waals surface area contributed by atoms with Crippen LogP contribution in [0, 0.1) is 6.92 Å². The van der Waals surface area contributed by atoms with E-state index in [9.17, 15) is 4.79 Å². The summed E-state index contributed by atoms with van der Waals surface area (Å²) in [6.45, 7) is 15.2. The van der Waals surface area contributed by atoms with Gasteiger partial charge in [0.15, 0.2) is 0 Å². The van der Waals surface area contributed by atoms with Crippen LogP contribution in [0.15, 0.2) is 66.7 Å². The molecule has 0 radical (unpaired) electrons. The largest absolute Gasteiger partial charge is 0.355 e. The molecule has 0 saturated carbocycles. The Morgan fingerprint density at radius 1 is 0.684 bits per heavy atom. The number of aryl methyl sites for hydroxylation is 2. The second kappa shape index (κ2) is 20.0. The van der Waals surface area contributed by atoms with Crippen LogP contribution in [0.25, 0.3) is 0 Å². The maximum Gasteiger partial charge on any atom is 0.256 e. The summed E-state index contributed by atoms with van der Waals surface area (Å²) in [7, 11) is 0. The van der Waals surface area contributed by atoms with Gasteiger partial charge in [-0.25, -0.2) is 0 Å². The van der Waals surface area contributed by atoms with Crippen LogP contribution in [0.4, 0.5) is 17.1 Å². The quantitative estimate of drug-likeness (QED) is 0.249. The lowest BCUT2D eigenvalue weighted by atomic mass is 9.98. The van der Waals surface area contributed by atoms with Gasteiger partial charge in [0, 0.05) is 22.6 Å². The normalized spacial score (nSPS) is 9.97. The number of benzene rings is 3. The average Bonchev–Trinajstić information content (AvgIpc) is 2.94. The maximum absolute atomic E-state index is 12.8. The zero-order valence-electron chi connectivity index (χ0n) is 25.1. The Balaban J connectivity index is 0.000000616. The fourth-order valence-corrected chi connectivity index (χ4v) is 3.95. The minimum absolute atomic E-state index is 0.0940. The number of nitrogens with one attached hydrogen (secondary N) is 2. The molecule has 3 heteroatoms. The second-order valence-corrected chi connectivity index (χ2v) is 9.73. The van der Waals surface area contributed by atoms with Crippen molar-refractivity contribution in [3.63, 3.8) is 0 Å².